The van der Waals surface area contributed by atoms with Gasteiger partial charge in [-0.1, -0.05) is 0 Å². The largest absolute Gasteiger partial charge is 0.472 e. The molecule has 0 fully saturated rings. The third kappa shape index (κ3) is 1.54. The summed E-state index contributed by atoms with van der Waals surface area (Å²) in [6, 6.07) is 5.52. The molecule has 0 spiro atoms. The van der Waals surface area contributed by atoms with E-state index in [4.69, 9.17) is 4.42 Å². The molecule has 0 amide bonds. The summed E-state index contributed by atoms with van der Waals surface area (Å²) < 4.78 is 6.81. The number of carbonyl (C=O) groups excluding carboxylic acids is 1. The van der Waals surface area contributed by atoms with Gasteiger partial charge in [0.05, 0.1) is 24.8 Å². The van der Waals surface area contributed by atoms with E-state index in [1.54, 1.807) is 18.6 Å². The lowest BCUT2D eigenvalue weighted by atomic mass is 10.3. The minimum atomic E-state index is 0.678. The Morgan fingerprint density at radius 2 is 2.38 bits per heavy atom. The summed E-state index contributed by atoms with van der Waals surface area (Å²) in [5.41, 5.74) is 1.74. The molecule has 0 aliphatic carbocycles. The van der Waals surface area contributed by atoms with Crippen molar-refractivity contribution in [3.8, 4) is 0 Å². The van der Waals surface area contributed by atoms with Crippen molar-refractivity contribution in [1.82, 2.24) is 4.57 Å². The number of furan rings is 1. The summed E-state index contributed by atoms with van der Waals surface area (Å²) in [5.74, 6) is 0. The molecule has 2 aromatic rings. The Labute approximate surface area is 75.6 Å². The second-order valence-corrected chi connectivity index (χ2v) is 2.81. The summed E-state index contributed by atoms with van der Waals surface area (Å²) >= 11 is 0. The highest BCUT2D eigenvalue weighted by Crippen LogP contribution is 2.06. The molecule has 13 heavy (non-hydrogen) atoms. The van der Waals surface area contributed by atoms with Crippen molar-refractivity contribution in [3.05, 3.63) is 48.2 Å². The van der Waals surface area contributed by atoms with E-state index < -0.39 is 0 Å². The minimum absolute atomic E-state index is 0.678. The fourth-order valence-electron chi connectivity index (χ4n) is 1.26. The average molecular weight is 175 g/mol. The van der Waals surface area contributed by atoms with E-state index in [1.165, 1.54) is 0 Å². The minimum Gasteiger partial charge on any atom is -0.472 e. The normalized spacial score (nSPS) is 10.2. The zero-order valence-electron chi connectivity index (χ0n) is 7.01. The number of aromatic nitrogens is 1. The van der Waals surface area contributed by atoms with Crippen LogP contribution in [0, 0.1) is 0 Å². The maximum Gasteiger partial charge on any atom is 0.166 e. The van der Waals surface area contributed by atoms with E-state index in [0.29, 0.717) is 12.2 Å². The first-order valence-electron chi connectivity index (χ1n) is 4.01. The summed E-state index contributed by atoms with van der Waals surface area (Å²) in [4.78, 5) is 10.6. The number of carbonyl (C=O) groups is 1. The van der Waals surface area contributed by atoms with Crippen molar-refractivity contribution in [1.29, 1.82) is 0 Å². The van der Waals surface area contributed by atoms with Crippen LogP contribution in [-0.4, -0.2) is 10.9 Å². The van der Waals surface area contributed by atoms with E-state index in [9.17, 15) is 4.79 Å². The van der Waals surface area contributed by atoms with Crippen LogP contribution < -0.4 is 0 Å². The van der Waals surface area contributed by atoms with Gasteiger partial charge in [-0.05, 0) is 18.2 Å². The number of aldehydes is 1. The van der Waals surface area contributed by atoms with Crippen LogP contribution in [0.3, 0.4) is 0 Å². The lowest BCUT2D eigenvalue weighted by molar-refractivity contribution is 0.111. The van der Waals surface area contributed by atoms with E-state index in [1.807, 2.05) is 22.9 Å². The quantitative estimate of drug-likeness (QED) is 0.668. The Balaban J connectivity index is 2.23. The zero-order chi connectivity index (χ0) is 9.10. The van der Waals surface area contributed by atoms with Crippen molar-refractivity contribution >= 4 is 6.29 Å². The standard InChI is InChI=1S/C10H9NO2/c12-7-10-2-1-4-11(10)6-9-3-5-13-8-9/h1-5,7-8H,6H2. The molecule has 0 N–H and O–H groups in total. The highest BCUT2D eigenvalue weighted by atomic mass is 16.3. The van der Waals surface area contributed by atoms with Crippen molar-refractivity contribution in [2.24, 2.45) is 0 Å². The third-order valence-corrected chi connectivity index (χ3v) is 1.92. The topological polar surface area (TPSA) is 35.1 Å². The zero-order valence-corrected chi connectivity index (χ0v) is 7.01. The Hall–Kier alpha value is -1.77. The molecule has 3 nitrogen and oxygen atoms in total. The van der Waals surface area contributed by atoms with Crippen LogP contribution in [0.15, 0.2) is 41.3 Å². The molecule has 0 aliphatic heterocycles. The van der Waals surface area contributed by atoms with E-state index in [-0.39, 0.29) is 0 Å². The highest BCUT2D eigenvalue weighted by molar-refractivity contribution is 5.72. The highest BCUT2D eigenvalue weighted by Gasteiger charge is 2.00. The molecular formula is C10H9NO2. The Bertz CT molecular complexity index is 387. The molecule has 0 bridgehead atoms. The fraction of sp³-hybridized carbons (Fsp3) is 0.100. The van der Waals surface area contributed by atoms with Gasteiger partial charge in [-0.15, -0.1) is 0 Å². The molecule has 0 aromatic carbocycles. The summed E-state index contributed by atoms with van der Waals surface area (Å²) in [5, 5.41) is 0. The van der Waals surface area contributed by atoms with Gasteiger partial charge in [0.15, 0.2) is 6.29 Å². The Kier molecular flexibility index (Phi) is 2.00. The SMILES string of the molecule is O=Cc1cccn1Cc1ccoc1. The molecule has 0 saturated heterocycles. The summed E-state index contributed by atoms with van der Waals surface area (Å²) in [6.45, 7) is 0.678. The summed E-state index contributed by atoms with van der Waals surface area (Å²) in [7, 11) is 0. The van der Waals surface area contributed by atoms with Crippen molar-refractivity contribution in [3.63, 3.8) is 0 Å². The summed E-state index contributed by atoms with van der Waals surface area (Å²) in [6.07, 6.45) is 6.02. The van der Waals surface area contributed by atoms with Crippen LogP contribution >= 0.6 is 0 Å². The number of rotatable bonds is 3. The maximum atomic E-state index is 10.6. The van der Waals surface area contributed by atoms with Crippen molar-refractivity contribution in [2.75, 3.05) is 0 Å². The molecule has 0 atom stereocenters. The molecule has 0 aliphatic rings. The third-order valence-electron chi connectivity index (χ3n) is 1.92. The van der Waals surface area contributed by atoms with Gasteiger partial charge in [0.2, 0.25) is 0 Å². The molecule has 2 rings (SSSR count). The Morgan fingerprint density at radius 3 is 3.08 bits per heavy atom. The molecule has 0 unspecified atom stereocenters. The van der Waals surface area contributed by atoms with Gasteiger partial charge in [-0.25, -0.2) is 0 Å². The first-order valence-corrected chi connectivity index (χ1v) is 4.01. The van der Waals surface area contributed by atoms with Crippen LogP contribution in [-0.2, 0) is 6.54 Å². The van der Waals surface area contributed by atoms with Crippen LogP contribution in [0.1, 0.15) is 16.1 Å². The predicted octanol–water partition coefficient (Wildman–Crippen LogP) is 1.94. The number of hydrogen-bond acceptors (Lipinski definition) is 2. The van der Waals surface area contributed by atoms with Gasteiger partial charge in [-0.2, -0.15) is 0 Å². The van der Waals surface area contributed by atoms with Gasteiger partial charge >= 0.3 is 0 Å². The fourth-order valence-corrected chi connectivity index (χ4v) is 1.26. The van der Waals surface area contributed by atoms with Crippen LogP contribution in [0.5, 0.6) is 0 Å². The van der Waals surface area contributed by atoms with Gasteiger partial charge < -0.3 is 8.98 Å². The van der Waals surface area contributed by atoms with Crippen LogP contribution in [0.2, 0.25) is 0 Å². The van der Waals surface area contributed by atoms with Gasteiger partial charge in [0.25, 0.3) is 0 Å². The lowest BCUT2D eigenvalue weighted by Crippen LogP contribution is -2.00. The average Bonchev–Trinajstić information content (AvgIpc) is 2.76. The molecule has 2 heterocycles. The monoisotopic (exact) mass is 175 g/mol. The van der Waals surface area contributed by atoms with Gasteiger partial charge in [0.1, 0.15) is 0 Å². The number of nitrogens with zero attached hydrogens (tertiary/aromatic N) is 1. The number of hydrogen-bond donors (Lipinski definition) is 0. The molecular weight excluding hydrogens is 166 g/mol. The maximum absolute atomic E-state index is 10.6. The molecule has 3 heteroatoms. The Morgan fingerprint density at radius 1 is 1.46 bits per heavy atom. The van der Waals surface area contributed by atoms with E-state index >= 15 is 0 Å². The lowest BCUT2D eigenvalue weighted by Gasteiger charge is -2.01. The van der Waals surface area contributed by atoms with Gasteiger partial charge in [0, 0.05) is 11.8 Å². The second kappa shape index (κ2) is 3.31. The van der Waals surface area contributed by atoms with Crippen LogP contribution in [0.4, 0.5) is 0 Å². The van der Waals surface area contributed by atoms with E-state index in [0.717, 1.165) is 11.8 Å². The first kappa shape index (κ1) is 7.86. The van der Waals surface area contributed by atoms with E-state index in [2.05, 4.69) is 0 Å². The smallest absolute Gasteiger partial charge is 0.166 e. The molecule has 2 aromatic heterocycles. The van der Waals surface area contributed by atoms with Crippen molar-refractivity contribution < 1.29 is 9.21 Å². The molecule has 66 valence electrons. The molecule has 0 radical (unpaired) electrons. The second-order valence-electron chi connectivity index (χ2n) is 2.81. The van der Waals surface area contributed by atoms with Crippen LogP contribution in [0.25, 0.3) is 0 Å². The predicted molar refractivity (Wildman–Crippen MR) is 47.6 cm³/mol. The molecule has 0 saturated carbocycles. The first-order chi connectivity index (χ1) is 6.40. The van der Waals surface area contributed by atoms with Gasteiger partial charge in [-0.3, -0.25) is 4.79 Å². The van der Waals surface area contributed by atoms with Crippen molar-refractivity contribution in [2.45, 2.75) is 6.54 Å².